The van der Waals surface area contributed by atoms with Crippen LogP contribution in [0.15, 0.2) is 15.0 Å². The summed E-state index contributed by atoms with van der Waals surface area (Å²) in [6.07, 6.45) is 0. The van der Waals surface area contributed by atoms with E-state index in [1.807, 2.05) is 5.38 Å². The first-order valence-electron chi connectivity index (χ1n) is 2.76. The number of aromatic nitrogens is 2. The van der Waals surface area contributed by atoms with Gasteiger partial charge in [0.2, 0.25) is 0 Å². The first kappa shape index (κ1) is 6.23. The Morgan fingerprint density at radius 2 is 2.60 bits per heavy atom. The molecule has 0 aliphatic carbocycles. The van der Waals surface area contributed by atoms with E-state index in [1.54, 1.807) is 0 Å². The summed E-state index contributed by atoms with van der Waals surface area (Å²) < 4.78 is 7.55. The highest BCUT2D eigenvalue weighted by atomic mass is 32.2. The molecule has 0 bridgehead atoms. The summed E-state index contributed by atoms with van der Waals surface area (Å²) in [5, 5.41) is 9.78. The molecule has 1 aromatic rings. The van der Waals surface area contributed by atoms with Crippen LogP contribution in [0.1, 0.15) is 11.7 Å². The van der Waals surface area contributed by atoms with Gasteiger partial charge in [-0.05, 0) is 23.5 Å². The summed E-state index contributed by atoms with van der Waals surface area (Å²) in [5.74, 6) is 0.908. The Balaban J connectivity index is 2.20. The molecule has 0 aromatic carbocycles. The number of hydrogen-bond donors (Lipinski definition) is 0. The molecule has 2 rings (SSSR count). The van der Waals surface area contributed by atoms with E-state index >= 15 is 0 Å². The lowest BCUT2D eigenvalue weighted by Crippen LogP contribution is -1.93. The second kappa shape index (κ2) is 2.63. The largest absolute Gasteiger partial charge is 0.171 e. The minimum atomic E-state index is 0.156. The first-order valence-corrected chi connectivity index (χ1v) is 4.54. The number of hydrogen-bond acceptors (Lipinski definition) is 6. The van der Waals surface area contributed by atoms with Crippen molar-refractivity contribution in [3.05, 3.63) is 11.1 Å². The number of rotatable bonds is 1. The maximum absolute atomic E-state index is 3.97. The van der Waals surface area contributed by atoms with Gasteiger partial charge in [0, 0.05) is 11.1 Å². The molecule has 0 N–H and O–H groups in total. The van der Waals surface area contributed by atoms with E-state index in [0.717, 1.165) is 11.4 Å². The van der Waals surface area contributed by atoms with Crippen LogP contribution in [0.25, 0.3) is 0 Å². The molecule has 1 atom stereocenters. The Hall–Kier alpha value is -0.490. The molecule has 0 spiro atoms. The molecule has 0 radical (unpaired) electrons. The molecule has 0 fully saturated rings. The molecular weight excluding hydrogens is 168 g/mol. The van der Waals surface area contributed by atoms with E-state index < -0.39 is 0 Å². The molecule has 2 heterocycles. The van der Waals surface area contributed by atoms with Crippen molar-refractivity contribution in [1.29, 1.82) is 0 Å². The summed E-state index contributed by atoms with van der Waals surface area (Å²) in [5.41, 5.74) is 0.943. The Labute approximate surface area is 66.0 Å². The maximum atomic E-state index is 3.97. The molecule has 4 nitrogen and oxygen atoms in total. The summed E-state index contributed by atoms with van der Waals surface area (Å²) in [6, 6.07) is 0.156. The highest BCUT2D eigenvalue weighted by Gasteiger charge is 2.17. The van der Waals surface area contributed by atoms with E-state index in [2.05, 4.69) is 19.2 Å². The van der Waals surface area contributed by atoms with Crippen molar-refractivity contribution in [3.63, 3.8) is 0 Å². The fourth-order valence-electron chi connectivity index (χ4n) is 0.689. The lowest BCUT2D eigenvalue weighted by Gasteiger charge is -1.94. The van der Waals surface area contributed by atoms with Crippen LogP contribution < -0.4 is 0 Å². The van der Waals surface area contributed by atoms with Crippen molar-refractivity contribution >= 4 is 23.5 Å². The van der Waals surface area contributed by atoms with Gasteiger partial charge >= 0.3 is 0 Å². The van der Waals surface area contributed by atoms with Crippen molar-refractivity contribution < 1.29 is 0 Å². The van der Waals surface area contributed by atoms with Crippen LogP contribution in [0.5, 0.6) is 0 Å². The highest BCUT2D eigenvalue weighted by molar-refractivity contribution is 7.98. The minimum Gasteiger partial charge on any atom is -0.171 e. The van der Waals surface area contributed by atoms with Crippen LogP contribution in [0.4, 0.5) is 0 Å². The van der Waals surface area contributed by atoms with Gasteiger partial charge in [0.05, 0.1) is 0 Å². The molecule has 52 valence electrons. The van der Waals surface area contributed by atoms with Crippen LogP contribution >= 0.6 is 23.5 Å². The van der Waals surface area contributed by atoms with Crippen molar-refractivity contribution in [2.24, 2.45) is 9.63 Å². The summed E-state index contributed by atoms with van der Waals surface area (Å²) in [4.78, 5) is 0. The van der Waals surface area contributed by atoms with Gasteiger partial charge in [-0.2, -0.15) is 5.11 Å². The average Bonchev–Trinajstić information content (AvgIpc) is 2.59. The zero-order valence-corrected chi connectivity index (χ0v) is 6.60. The highest BCUT2D eigenvalue weighted by Crippen LogP contribution is 2.28. The predicted octanol–water partition coefficient (Wildman–Crippen LogP) is 1.69. The smallest absolute Gasteiger partial charge is 0.127 e. The van der Waals surface area contributed by atoms with Gasteiger partial charge in [0.1, 0.15) is 11.7 Å². The standard InChI is InChI=1S/C4H4N4S2/c1-3(5-7-9-1)4-2-10-8-6-4/h1,4H,2H2. The third kappa shape index (κ3) is 1.04. The second-order valence-electron chi connectivity index (χ2n) is 1.84. The molecule has 10 heavy (non-hydrogen) atoms. The van der Waals surface area contributed by atoms with Gasteiger partial charge in [-0.3, -0.25) is 0 Å². The van der Waals surface area contributed by atoms with Gasteiger partial charge in [0.15, 0.2) is 0 Å². The molecule has 1 unspecified atom stereocenters. The molecule has 0 saturated heterocycles. The average molecular weight is 172 g/mol. The monoisotopic (exact) mass is 172 g/mol. The summed E-state index contributed by atoms with van der Waals surface area (Å²) >= 11 is 2.83. The normalized spacial score (nSPS) is 23.8. The molecule has 1 aliphatic heterocycles. The van der Waals surface area contributed by atoms with Crippen LogP contribution in [0, 0.1) is 0 Å². The summed E-state index contributed by atoms with van der Waals surface area (Å²) in [6.45, 7) is 0. The lowest BCUT2D eigenvalue weighted by atomic mass is 10.3. The van der Waals surface area contributed by atoms with Crippen molar-refractivity contribution in [2.75, 3.05) is 5.75 Å². The third-order valence-electron chi connectivity index (χ3n) is 1.19. The minimum absolute atomic E-state index is 0.156. The zero-order valence-electron chi connectivity index (χ0n) is 4.97. The maximum Gasteiger partial charge on any atom is 0.127 e. The quantitative estimate of drug-likeness (QED) is 0.606. The van der Waals surface area contributed by atoms with Crippen LogP contribution in [0.2, 0.25) is 0 Å². The van der Waals surface area contributed by atoms with Gasteiger partial charge in [-0.25, -0.2) is 0 Å². The predicted molar refractivity (Wildman–Crippen MR) is 40.0 cm³/mol. The molecule has 1 aromatic heterocycles. The molecular formula is C4H4N4S2. The van der Waals surface area contributed by atoms with Gasteiger partial charge in [-0.1, -0.05) is 4.49 Å². The molecule has 0 amide bonds. The van der Waals surface area contributed by atoms with E-state index in [-0.39, 0.29) is 6.04 Å². The van der Waals surface area contributed by atoms with Crippen molar-refractivity contribution in [3.8, 4) is 0 Å². The third-order valence-corrected chi connectivity index (χ3v) is 2.39. The van der Waals surface area contributed by atoms with Crippen LogP contribution in [0.3, 0.4) is 0 Å². The van der Waals surface area contributed by atoms with Gasteiger partial charge in [-0.15, -0.1) is 9.62 Å². The molecule has 1 aliphatic rings. The van der Waals surface area contributed by atoms with E-state index in [0.29, 0.717) is 0 Å². The lowest BCUT2D eigenvalue weighted by molar-refractivity contribution is 0.773. The van der Waals surface area contributed by atoms with Crippen molar-refractivity contribution in [2.45, 2.75) is 6.04 Å². The zero-order chi connectivity index (χ0) is 6.81. The fraction of sp³-hybridized carbons (Fsp3) is 0.500. The SMILES string of the molecule is c1snnc1C1CSN=N1. The Bertz CT molecular complexity index is 231. The van der Waals surface area contributed by atoms with Crippen LogP contribution in [-0.4, -0.2) is 15.3 Å². The van der Waals surface area contributed by atoms with E-state index in [4.69, 9.17) is 0 Å². The van der Waals surface area contributed by atoms with Crippen LogP contribution in [-0.2, 0) is 0 Å². The van der Waals surface area contributed by atoms with Gasteiger partial charge < -0.3 is 0 Å². The summed E-state index contributed by atoms with van der Waals surface area (Å²) in [7, 11) is 0. The number of nitrogens with zero attached hydrogens (tertiary/aromatic N) is 4. The van der Waals surface area contributed by atoms with Gasteiger partial charge in [0.25, 0.3) is 0 Å². The Morgan fingerprint density at radius 1 is 1.60 bits per heavy atom. The molecule has 6 heteroatoms. The Morgan fingerprint density at radius 3 is 3.20 bits per heavy atom. The first-order chi connectivity index (χ1) is 4.97. The van der Waals surface area contributed by atoms with E-state index in [9.17, 15) is 0 Å². The fourth-order valence-corrected chi connectivity index (χ4v) is 1.82. The Kier molecular flexibility index (Phi) is 1.64. The molecule has 0 saturated carbocycles. The second-order valence-corrected chi connectivity index (χ2v) is 3.20. The van der Waals surface area contributed by atoms with E-state index in [1.165, 1.54) is 23.5 Å². The topological polar surface area (TPSA) is 50.5 Å². The van der Waals surface area contributed by atoms with Crippen molar-refractivity contribution in [1.82, 2.24) is 9.59 Å².